The molecule has 0 aliphatic heterocycles. The molecule has 1 N–H and O–H groups in total. The third-order valence-corrected chi connectivity index (χ3v) is 3.19. The number of anilines is 1. The molecule has 0 aliphatic carbocycles. The molecule has 0 saturated carbocycles. The van der Waals surface area contributed by atoms with Crippen molar-refractivity contribution in [3.63, 3.8) is 0 Å². The molecule has 0 radical (unpaired) electrons. The first kappa shape index (κ1) is 16.5. The Labute approximate surface area is 121 Å². The fourth-order valence-corrected chi connectivity index (χ4v) is 1.99. The molecular weight excluding hydrogens is 254 g/mol. The minimum Gasteiger partial charge on any atom is -0.378 e. The van der Waals surface area contributed by atoms with Crippen LogP contribution in [0, 0.1) is 0 Å². The zero-order valence-corrected chi connectivity index (χ0v) is 13.0. The Kier molecular flexibility index (Phi) is 6.48. The molecule has 112 valence electrons. The van der Waals surface area contributed by atoms with E-state index in [4.69, 9.17) is 4.74 Å². The fraction of sp³-hybridized carbons (Fsp3) is 0.533. The van der Waals surface area contributed by atoms with Crippen LogP contribution in [0.1, 0.15) is 11.6 Å². The summed E-state index contributed by atoms with van der Waals surface area (Å²) < 4.78 is 4.81. The van der Waals surface area contributed by atoms with E-state index in [1.807, 2.05) is 28.2 Å². The Bertz CT molecular complexity index is 416. The molecule has 5 heteroatoms. The minimum absolute atomic E-state index is 0.0933. The van der Waals surface area contributed by atoms with Crippen LogP contribution < -0.4 is 10.2 Å². The van der Waals surface area contributed by atoms with E-state index < -0.39 is 0 Å². The number of carbonyl (C=O) groups excluding carboxylic acids is 1. The number of carbonyl (C=O) groups is 1. The van der Waals surface area contributed by atoms with Gasteiger partial charge in [-0.1, -0.05) is 12.1 Å². The van der Waals surface area contributed by atoms with E-state index in [9.17, 15) is 4.79 Å². The summed E-state index contributed by atoms with van der Waals surface area (Å²) in [5.41, 5.74) is 2.34. The molecule has 0 aliphatic rings. The highest BCUT2D eigenvalue weighted by Gasteiger charge is 2.15. The van der Waals surface area contributed by atoms with Crippen molar-refractivity contribution in [2.75, 3.05) is 53.4 Å². The lowest BCUT2D eigenvalue weighted by Gasteiger charge is -2.25. The number of nitrogens with one attached hydrogen (secondary N) is 1. The third kappa shape index (κ3) is 4.83. The number of hydrogen-bond acceptors (Lipinski definition) is 4. The molecule has 0 saturated heterocycles. The largest absolute Gasteiger partial charge is 0.378 e. The van der Waals surface area contributed by atoms with Crippen LogP contribution in [0.25, 0.3) is 0 Å². The third-order valence-electron chi connectivity index (χ3n) is 3.19. The summed E-state index contributed by atoms with van der Waals surface area (Å²) >= 11 is 0. The van der Waals surface area contributed by atoms with Crippen molar-refractivity contribution in [2.24, 2.45) is 0 Å². The van der Waals surface area contributed by atoms with E-state index >= 15 is 0 Å². The maximum atomic E-state index is 11.5. The summed E-state index contributed by atoms with van der Waals surface area (Å²) in [6.45, 7) is 0.663. The summed E-state index contributed by atoms with van der Waals surface area (Å²) in [5.74, 6) is -0.0933. The molecule has 1 aromatic rings. The van der Waals surface area contributed by atoms with Crippen molar-refractivity contribution in [2.45, 2.75) is 6.04 Å². The number of amides is 1. The van der Waals surface area contributed by atoms with E-state index in [0.29, 0.717) is 6.54 Å². The first-order valence-electron chi connectivity index (χ1n) is 6.65. The van der Waals surface area contributed by atoms with Crippen LogP contribution >= 0.6 is 0 Å². The molecule has 0 aromatic heterocycles. The van der Waals surface area contributed by atoms with Crippen molar-refractivity contribution in [3.05, 3.63) is 29.8 Å². The lowest BCUT2D eigenvalue weighted by molar-refractivity contribution is -0.124. The number of ether oxygens (including phenoxy) is 1. The van der Waals surface area contributed by atoms with Crippen LogP contribution in [0.5, 0.6) is 0 Å². The molecular formula is C15H25N3O2. The minimum atomic E-state index is -0.0933. The van der Waals surface area contributed by atoms with Crippen LogP contribution in [0.4, 0.5) is 5.69 Å². The predicted octanol–water partition coefficient (Wildman–Crippen LogP) is 1.12. The zero-order chi connectivity index (χ0) is 15.1. The van der Waals surface area contributed by atoms with Gasteiger partial charge >= 0.3 is 0 Å². The van der Waals surface area contributed by atoms with Crippen LogP contribution in [-0.2, 0) is 9.53 Å². The van der Waals surface area contributed by atoms with Gasteiger partial charge in [-0.15, -0.1) is 0 Å². The Hall–Kier alpha value is -1.59. The second-order valence-corrected chi connectivity index (χ2v) is 5.20. The van der Waals surface area contributed by atoms with Crippen LogP contribution in [0.2, 0.25) is 0 Å². The van der Waals surface area contributed by atoms with Gasteiger partial charge in [0.15, 0.2) is 0 Å². The number of likely N-dealkylation sites (N-methyl/N-ethyl adjacent to an activating group) is 1. The summed E-state index contributed by atoms with van der Waals surface area (Å²) in [7, 11) is 9.57. The maximum Gasteiger partial charge on any atom is 0.246 e. The van der Waals surface area contributed by atoms with Gasteiger partial charge in [0.2, 0.25) is 5.91 Å². The van der Waals surface area contributed by atoms with Crippen molar-refractivity contribution in [1.29, 1.82) is 0 Å². The second kappa shape index (κ2) is 7.87. The fourth-order valence-electron chi connectivity index (χ4n) is 1.99. The molecule has 1 rings (SSSR count). The maximum absolute atomic E-state index is 11.5. The molecule has 20 heavy (non-hydrogen) atoms. The van der Waals surface area contributed by atoms with Gasteiger partial charge in [0.05, 0.1) is 6.04 Å². The number of nitrogens with zero attached hydrogens (tertiary/aromatic N) is 2. The predicted molar refractivity (Wildman–Crippen MR) is 82.1 cm³/mol. The van der Waals surface area contributed by atoms with E-state index in [-0.39, 0.29) is 18.6 Å². The molecule has 1 amide bonds. The average molecular weight is 279 g/mol. The van der Waals surface area contributed by atoms with Crippen LogP contribution in [-0.4, -0.2) is 59.3 Å². The van der Waals surface area contributed by atoms with Crippen molar-refractivity contribution >= 4 is 11.6 Å². The monoisotopic (exact) mass is 279 g/mol. The van der Waals surface area contributed by atoms with Gasteiger partial charge in [0.25, 0.3) is 0 Å². The highest BCUT2D eigenvalue weighted by atomic mass is 16.5. The van der Waals surface area contributed by atoms with Crippen LogP contribution in [0.3, 0.4) is 0 Å². The topological polar surface area (TPSA) is 44.8 Å². The van der Waals surface area contributed by atoms with Gasteiger partial charge < -0.3 is 19.9 Å². The Morgan fingerprint density at radius 2 is 1.80 bits per heavy atom. The van der Waals surface area contributed by atoms with Crippen LogP contribution in [0.15, 0.2) is 24.3 Å². The molecule has 1 atom stereocenters. The quantitative estimate of drug-likeness (QED) is 0.812. The number of methoxy groups -OCH3 is 1. The number of hydrogen-bond donors (Lipinski definition) is 1. The van der Waals surface area contributed by atoms with E-state index in [2.05, 4.69) is 39.4 Å². The lowest BCUT2D eigenvalue weighted by Crippen LogP contribution is -2.36. The van der Waals surface area contributed by atoms with E-state index in [1.54, 1.807) is 0 Å². The molecule has 0 heterocycles. The average Bonchev–Trinajstić information content (AvgIpc) is 2.39. The zero-order valence-electron chi connectivity index (χ0n) is 13.0. The Morgan fingerprint density at radius 1 is 1.20 bits per heavy atom. The highest BCUT2D eigenvalue weighted by molar-refractivity contribution is 5.77. The SMILES string of the molecule is COCC(=O)NC[C@@H](c1ccc(N(C)C)cc1)N(C)C. The number of benzene rings is 1. The summed E-state index contributed by atoms with van der Waals surface area (Å²) in [4.78, 5) is 15.6. The van der Waals surface area contributed by atoms with Crippen molar-refractivity contribution < 1.29 is 9.53 Å². The van der Waals surface area contributed by atoms with E-state index in [1.165, 1.54) is 12.7 Å². The van der Waals surface area contributed by atoms with Gasteiger partial charge in [-0.25, -0.2) is 0 Å². The standard InChI is InChI=1S/C15H25N3O2/c1-17(2)13-8-6-12(7-9-13)14(18(3)4)10-16-15(19)11-20-5/h6-9,14H,10-11H2,1-5H3,(H,16,19)/t14-/m0/s1. The van der Waals surface area contributed by atoms with Gasteiger partial charge in [-0.05, 0) is 31.8 Å². The first-order chi connectivity index (χ1) is 9.45. The smallest absolute Gasteiger partial charge is 0.246 e. The first-order valence-corrected chi connectivity index (χ1v) is 6.65. The lowest BCUT2D eigenvalue weighted by atomic mass is 10.1. The molecule has 5 nitrogen and oxygen atoms in total. The van der Waals surface area contributed by atoms with Gasteiger partial charge in [0.1, 0.15) is 6.61 Å². The molecule has 1 aromatic carbocycles. The summed E-state index contributed by atoms with van der Waals surface area (Å²) in [5, 5.41) is 2.88. The number of rotatable bonds is 7. The van der Waals surface area contributed by atoms with Gasteiger partial charge in [-0.3, -0.25) is 4.79 Å². The molecule has 0 spiro atoms. The Morgan fingerprint density at radius 3 is 2.25 bits per heavy atom. The molecule has 0 fully saturated rings. The summed E-state index contributed by atoms with van der Waals surface area (Å²) in [6, 6.07) is 8.52. The van der Waals surface area contributed by atoms with E-state index in [0.717, 1.165) is 5.69 Å². The molecule has 0 bridgehead atoms. The summed E-state index contributed by atoms with van der Waals surface area (Å²) in [6.07, 6.45) is 0. The van der Waals surface area contributed by atoms with Crippen molar-refractivity contribution in [3.8, 4) is 0 Å². The second-order valence-electron chi connectivity index (χ2n) is 5.20. The normalized spacial score (nSPS) is 12.3. The van der Waals surface area contributed by atoms with Crippen molar-refractivity contribution in [1.82, 2.24) is 10.2 Å². The highest BCUT2D eigenvalue weighted by Crippen LogP contribution is 2.20. The molecule has 0 unspecified atom stereocenters. The van der Waals surface area contributed by atoms with Gasteiger partial charge in [-0.2, -0.15) is 0 Å². The van der Waals surface area contributed by atoms with Gasteiger partial charge in [0, 0.05) is 33.4 Å². The Balaban J connectivity index is 2.73.